The normalized spacial score (nSPS) is 27.4. The Morgan fingerprint density at radius 2 is 2.04 bits per heavy atom. The minimum Gasteiger partial charge on any atom is -0.497 e. The molecule has 0 radical (unpaired) electrons. The molecule has 3 saturated heterocycles. The number of thiocarbonyl (C=S) groups is 1. The average molecular weight is 363 g/mol. The van der Waals surface area contributed by atoms with Crippen molar-refractivity contribution in [2.24, 2.45) is 11.8 Å². The molecule has 0 saturated carbocycles. The Hall–Kier alpha value is -1.79. The molecule has 25 heavy (non-hydrogen) atoms. The number of hydrogen-bond acceptors (Lipinski definition) is 3. The van der Waals surface area contributed by atoms with Crippen LogP contribution in [0.1, 0.15) is 12.8 Å². The first kappa shape index (κ1) is 18.0. The zero-order chi connectivity index (χ0) is 17.8. The van der Waals surface area contributed by atoms with Gasteiger partial charge in [0, 0.05) is 42.6 Å². The number of piperidine rings is 3. The lowest BCUT2D eigenvalue weighted by Crippen LogP contribution is -3.20. The van der Waals surface area contributed by atoms with Gasteiger partial charge >= 0.3 is 0 Å². The fraction of sp³-hybridized carbons (Fsp3) is 0.526. The van der Waals surface area contributed by atoms with Crippen LogP contribution < -0.4 is 25.0 Å². The van der Waals surface area contributed by atoms with Crippen LogP contribution >= 0.6 is 12.2 Å². The topological polar surface area (TPSA) is 47.0 Å². The molecular formula is C19H28N3O2S+. The summed E-state index contributed by atoms with van der Waals surface area (Å²) in [6.07, 6.45) is 4.74. The molecule has 136 valence electrons. The highest BCUT2D eigenvalue weighted by atomic mass is 32.1. The van der Waals surface area contributed by atoms with Gasteiger partial charge in [-0.25, -0.2) is 0 Å². The van der Waals surface area contributed by atoms with Crippen LogP contribution in [-0.2, 0) is 0 Å². The van der Waals surface area contributed by atoms with E-state index in [-0.39, 0.29) is 0 Å². The maximum absolute atomic E-state index is 5.47. The largest absolute Gasteiger partial charge is 0.497 e. The molecule has 2 bridgehead atoms. The van der Waals surface area contributed by atoms with Gasteiger partial charge in [0.05, 0.1) is 33.9 Å². The molecule has 3 heterocycles. The van der Waals surface area contributed by atoms with E-state index in [1.807, 2.05) is 18.2 Å². The molecule has 6 heteroatoms. The zero-order valence-corrected chi connectivity index (χ0v) is 15.8. The summed E-state index contributed by atoms with van der Waals surface area (Å²) in [5.74, 6) is 2.96. The van der Waals surface area contributed by atoms with E-state index in [4.69, 9.17) is 21.7 Å². The first-order chi connectivity index (χ1) is 12.1. The molecule has 3 aliphatic heterocycles. The van der Waals surface area contributed by atoms with Gasteiger partial charge in [-0.15, -0.1) is 6.58 Å². The average Bonchev–Trinajstić information content (AvgIpc) is 2.66. The molecule has 1 unspecified atom stereocenters. The van der Waals surface area contributed by atoms with Gasteiger partial charge in [0.15, 0.2) is 5.11 Å². The van der Waals surface area contributed by atoms with Crippen LogP contribution in [0.2, 0.25) is 0 Å². The number of benzene rings is 1. The van der Waals surface area contributed by atoms with E-state index < -0.39 is 0 Å². The third-order valence-electron chi connectivity index (χ3n) is 5.53. The summed E-state index contributed by atoms with van der Waals surface area (Å²) >= 11 is 5.47. The summed E-state index contributed by atoms with van der Waals surface area (Å²) in [4.78, 5) is 1.69. The number of nitrogens with one attached hydrogen (secondary N) is 3. The summed E-state index contributed by atoms with van der Waals surface area (Å²) in [5, 5.41) is 7.25. The summed E-state index contributed by atoms with van der Waals surface area (Å²) in [7, 11) is 3.28. The maximum atomic E-state index is 5.47. The monoisotopic (exact) mass is 362 g/mol. The highest BCUT2D eigenvalue weighted by molar-refractivity contribution is 7.80. The van der Waals surface area contributed by atoms with Crippen molar-refractivity contribution in [1.29, 1.82) is 0 Å². The van der Waals surface area contributed by atoms with Gasteiger partial charge in [-0.1, -0.05) is 6.08 Å². The van der Waals surface area contributed by atoms with Gasteiger partial charge in [0.25, 0.3) is 0 Å². The molecule has 0 aliphatic carbocycles. The number of anilines is 1. The first-order valence-electron chi connectivity index (χ1n) is 8.88. The smallest absolute Gasteiger partial charge is 0.171 e. The number of methoxy groups -OCH3 is 2. The zero-order valence-electron chi connectivity index (χ0n) is 15.0. The Balaban J connectivity index is 1.53. The highest BCUT2D eigenvalue weighted by Crippen LogP contribution is 2.27. The van der Waals surface area contributed by atoms with Crippen LogP contribution in [0.5, 0.6) is 11.5 Å². The van der Waals surface area contributed by atoms with Crippen molar-refractivity contribution in [3.8, 4) is 11.5 Å². The van der Waals surface area contributed by atoms with Gasteiger partial charge in [-0.3, -0.25) is 0 Å². The van der Waals surface area contributed by atoms with Crippen molar-refractivity contribution in [1.82, 2.24) is 5.32 Å². The molecular weight excluding hydrogens is 334 g/mol. The third-order valence-corrected chi connectivity index (χ3v) is 5.77. The Morgan fingerprint density at radius 1 is 1.32 bits per heavy atom. The van der Waals surface area contributed by atoms with E-state index in [9.17, 15) is 0 Å². The van der Waals surface area contributed by atoms with Gasteiger partial charge in [-0.05, 0) is 18.1 Å². The molecule has 3 N–H and O–H groups in total. The fourth-order valence-corrected chi connectivity index (χ4v) is 4.33. The van der Waals surface area contributed by atoms with Crippen LogP contribution in [-0.4, -0.2) is 45.0 Å². The Kier molecular flexibility index (Phi) is 5.81. The molecule has 0 amide bonds. The van der Waals surface area contributed by atoms with E-state index in [2.05, 4.69) is 23.3 Å². The van der Waals surface area contributed by atoms with Gasteiger partial charge in [0.2, 0.25) is 0 Å². The predicted octanol–water partition coefficient (Wildman–Crippen LogP) is 1.47. The SMILES string of the molecule is C=C[C@H]1C[NH+]2CC[C@H]1C[C@@H]2CNC(=S)Nc1cc(OC)cc(OC)c1. The molecule has 1 aromatic carbocycles. The van der Waals surface area contributed by atoms with Crippen molar-refractivity contribution >= 4 is 23.0 Å². The molecule has 0 aromatic heterocycles. The second-order valence-corrected chi connectivity index (χ2v) is 7.34. The van der Waals surface area contributed by atoms with E-state index in [0.29, 0.717) is 17.1 Å². The fourth-order valence-electron chi connectivity index (χ4n) is 4.13. The van der Waals surface area contributed by atoms with E-state index in [0.717, 1.165) is 29.6 Å². The Morgan fingerprint density at radius 3 is 2.60 bits per heavy atom. The van der Waals surface area contributed by atoms with Crippen LogP contribution in [0.15, 0.2) is 30.9 Å². The number of hydrogen-bond donors (Lipinski definition) is 3. The van der Waals surface area contributed by atoms with Crippen molar-refractivity contribution in [3.05, 3.63) is 30.9 Å². The van der Waals surface area contributed by atoms with E-state index in [1.54, 1.807) is 19.1 Å². The second kappa shape index (κ2) is 8.06. The van der Waals surface area contributed by atoms with Crippen molar-refractivity contribution < 1.29 is 14.4 Å². The second-order valence-electron chi connectivity index (χ2n) is 6.93. The first-order valence-corrected chi connectivity index (χ1v) is 9.28. The minimum atomic E-state index is 0.634. The summed E-state index contributed by atoms with van der Waals surface area (Å²) in [5.41, 5.74) is 0.859. The van der Waals surface area contributed by atoms with Crippen LogP contribution in [0.3, 0.4) is 0 Å². The van der Waals surface area contributed by atoms with Crippen molar-refractivity contribution in [3.63, 3.8) is 0 Å². The number of ether oxygens (including phenoxy) is 2. The van der Waals surface area contributed by atoms with E-state index in [1.165, 1.54) is 25.9 Å². The third kappa shape index (κ3) is 4.25. The van der Waals surface area contributed by atoms with Gasteiger partial charge in [0.1, 0.15) is 17.5 Å². The van der Waals surface area contributed by atoms with Crippen LogP contribution in [0, 0.1) is 11.8 Å². The Labute approximate surface area is 155 Å². The lowest BCUT2D eigenvalue weighted by Gasteiger charge is -2.46. The standard InChI is InChI=1S/C19H27N3O2S/c1-4-13-12-22-6-5-14(13)7-16(22)11-20-19(25)21-15-8-17(23-2)10-18(9-15)24-3/h4,8-10,13-14,16H,1,5-7,11-12H2,2-3H3,(H2,20,21,25)/p+1/t13-,14-,16+/m0/s1. The summed E-state index contributed by atoms with van der Waals surface area (Å²) < 4.78 is 10.6. The lowest BCUT2D eigenvalue weighted by molar-refractivity contribution is -0.944. The predicted molar refractivity (Wildman–Crippen MR) is 105 cm³/mol. The summed E-state index contributed by atoms with van der Waals surface area (Å²) in [6, 6.07) is 6.28. The highest BCUT2D eigenvalue weighted by Gasteiger charge is 2.42. The van der Waals surface area contributed by atoms with Crippen LogP contribution in [0.4, 0.5) is 5.69 Å². The summed E-state index contributed by atoms with van der Waals surface area (Å²) in [6.45, 7) is 7.39. The molecule has 0 spiro atoms. The lowest BCUT2D eigenvalue weighted by atomic mass is 9.76. The van der Waals surface area contributed by atoms with Crippen LogP contribution in [0.25, 0.3) is 0 Å². The van der Waals surface area contributed by atoms with Gasteiger partial charge < -0.3 is 25.0 Å². The quantitative estimate of drug-likeness (QED) is 0.528. The maximum Gasteiger partial charge on any atom is 0.171 e. The molecule has 4 atom stereocenters. The van der Waals surface area contributed by atoms with E-state index >= 15 is 0 Å². The molecule has 1 aromatic rings. The molecule has 3 fully saturated rings. The molecule has 3 aliphatic rings. The number of rotatable bonds is 6. The Bertz CT molecular complexity index is 615. The van der Waals surface area contributed by atoms with Crippen molar-refractivity contribution in [2.45, 2.75) is 18.9 Å². The number of fused-ring (bicyclic) bond motifs is 3. The van der Waals surface area contributed by atoms with Crippen molar-refractivity contribution in [2.75, 3.05) is 39.2 Å². The van der Waals surface area contributed by atoms with Gasteiger partial charge in [-0.2, -0.15) is 0 Å². The molecule has 5 nitrogen and oxygen atoms in total. The number of quaternary nitrogens is 1. The molecule has 4 rings (SSSR count). The minimum absolute atomic E-state index is 0.634.